The monoisotopic (exact) mass is 252 g/mol. The molecule has 0 spiro atoms. The van der Waals surface area contributed by atoms with E-state index in [1.165, 1.54) is 25.7 Å². The van der Waals surface area contributed by atoms with Crippen molar-refractivity contribution in [2.24, 2.45) is 0 Å². The van der Waals surface area contributed by atoms with Crippen LogP contribution in [0.4, 0.5) is 4.53 Å². The number of halogens is 1. The first kappa shape index (κ1) is 18.7. The van der Waals surface area contributed by atoms with E-state index >= 15 is 0 Å². The average Bonchev–Trinajstić information content (AvgIpc) is 2.37. The maximum atomic E-state index is 11.2. The molecule has 5 heteroatoms. The maximum absolute atomic E-state index is 11.2. The summed E-state index contributed by atoms with van der Waals surface area (Å²) in [4.78, 5) is 13.4. The van der Waals surface area contributed by atoms with Crippen LogP contribution in [0, 0.1) is 0 Å². The number of hydrogen-bond acceptors (Lipinski definition) is 4. The highest BCUT2D eigenvalue weighted by atomic mass is 19.3. The molecule has 0 aromatic carbocycles. The van der Waals surface area contributed by atoms with Gasteiger partial charge in [-0.05, 0) is 6.42 Å². The van der Waals surface area contributed by atoms with Crippen LogP contribution in [-0.2, 0) is 9.74 Å². The summed E-state index contributed by atoms with van der Waals surface area (Å²) in [6, 6.07) is 0. The zero-order chi connectivity index (χ0) is 13.4. The van der Waals surface area contributed by atoms with Crippen molar-refractivity contribution in [3.63, 3.8) is 0 Å². The number of unbranched alkanes of at least 4 members (excludes halogenated alkanes) is 6. The van der Waals surface area contributed by atoms with E-state index in [9.17, 15) is 9.32 Å². The van der Waals surface area contributed by atoms with E-state index in [0.717, 1.165) is 19.3 Å². The molecule has 0 saturated carbocycles. The molecular weight excluding hydrogens is 227 g/mol. The maximum Gasteiger partial charge on any atom is 0.348 e. The molecule has 4 nitrogen and oxygen atoms in total. The Hall–Kier alpha value is -0.680. The largest absolute Gasteiger partial charge is 0.394 e. The third kappa shape index (κ3) is 21.2. The smallest absolute Gasteiger partial charge is 0.348 e. The lowest BCUT2D eigenvalue weighted by Crippen LogP contribution is -1.96. The summed E-state index contributed by atoms with van der Waals surface area (Å²) in [7, 11) is 0. The van der Waals surface area contributed by atoms with Crippen LogP contribution in [0.15, 0.2) is 0 Å². The van der Waals surface area contributed by atoms with Crippen LogP contribution >= 0.6 is 0 Å². The number of carbonyl (C=O) groups is 1. The highest BCUT2D eigenvalue weighted by Crippen LogP contribution is 2.08. The lowest BCUT2D eigenvalue weighted by atomic mass is 10.1. The molecule has 0 saturated heterocycles. The molecule has 0 bridgehead atoms. The van der Waals surface area contributed by atoms with Gasteiger partial charge in [-0.1, -0.05) is 45.4 Å². The first-order valence-corrected chi connectivity index (χ1v) is 6.26. The summed E-state index contributed by atoms with van der Waals surface area (Å²) in [5, 5.41) is 15.2. The van der Waals surface area contributed by atoms with Gasteiger partial charge < -0.3 is 10.2 Å². The standard InChI is InChI=1S/C10H19FO2.C2H6O2/c1-2-3-4-5-6-7-8-9-10(12)13-11;3-1-2-4/h2-9H2,1H3;3-4H,1-2H2. The number of aliphatic hydroxyl groups is 2. The van der Waals surface area contributed by atoms with Crippen molar-refractivity contribution in [2.75, 3.05) is 13.2 Å². The average molecular weight is 252 g/mol. The number of carbonyl (C=O) groups excluding carboxylic acids is 1. The molecule has 104 valence electrons. The van der Waals surface area contributed by atoms with E-state index in [-0.39, 0.29) is 19.6 Å². The van der Waals surface area contributed by atoms with Crippen molar-refractivity contribution in [3.8, 4) is 0 Å². The number of hydrogen-bond donors (Lipinski definition) is 2. The van der Waals surface area contributed by atoms with Crippen molar-refractivity contribution in [3.05, 3.63) is 0 Å². The zero-order valence-electron chi connectivity index (χ0n) is 10.7. The first-order chi connectivity index (χ1) is 8.22. The number of aliphatic hydroxyl groups excluding tert-OH is 2. The second kappa shape index (κ2) is 17.7. The minimum absolute atomic E-state index is 0.125. The van der Waals surface area contributed by atoms with Crippen LogP contribution in [0.3, 0.4) is 0 Å². The van der Waals surface area contributed by atoms with Gasteiger partial charge in [0.2, 0.25) is 0 Å². The highest BCUT2D eigenvalue weighted by Gasteiger charge is 2.01. The quantitative estimate of drug-likeness (QED) is 0.619. The van der Waals surface area contributed by atoms with Crippen molar-refractivity contribution in [2.45, 2.75) is 58.3 Å². The van der Waals surface area contributed by atoms with Crippen LogP contribution in [0.2, 0.25) is 0 Å². The van der Waals surface area contributed by atoms with Crippen molar-refractivity contribution >= 4 is 5.97 Å². The summed E-state index contributed by atoms with van der Waals surface area (Å²) >= 11 is 0. The second-order valence-corrected chi connectivity index (χ2v) is 3.77. The molecule has 17 heavy (non-hydrogen) atoms. The highest BCUT2D eigenvalue weighted by molar-refractivity contribution is 5.68. The van der Waals surface area contributed by atoms with E-state index in [0.29, 0.717) is 0 Å². The minimum atomic E-state index is -0.742. The molecule has 0 fully saturated rings. The lowest BCUT2D eigenvalue weighted by Gasteiger charge is -1.98. The molecule has 0 aromatic rings. The van der Waals surface area contributed by atoms with Gasteiger partial charge in [-0.25, -0.2) is 4.79 Å². The Labute approximate surface area is 103 Å². The molecule has 0 unspecified atom stereocenters. The molecule has 0 radical (unpaired) electrons. The Kier molecular flexibility index (Phi) is 19.5. The van der Waals surface area contributed by atoms with E-state index < -0.39 is 5.97 Å². The molecule has 2 N–H and O–H groups in total. The molecule has 0 rings (SSSR count). The van der Waals surface area contributed by atoms with E-state index in [1.807, 2.05) is 0 Å². The third-order valence-corrected chi connectivity index (χ3v) is 2.17. The van der Waals surface area contributed by atoms with Gasteiger partial charge in [-0.15, -0.1) is 0 Å². The van der Waals surface area contributed by atoms with E-state index in [4.69, 9.17) is 10.2 Å². The van der Waals surface area contributed by atoms with Crippen LogP contribution < -0.4 is 0 Å². The summed E-state index contributed by atoms with van der Waals surface area (Å²) in [6.07, 6.45) is 8.11. The van der Waals surface area contributed by atoms with Gasteiger partial charge in [0.1, 0.15) is 0 Å². The Bertz CT molecular complexity index is 151. The van der Waals surface area contributed by atoms with E-state index in [1.54, 1.807) is 0 Å². The summed E-state index contributed by atoms with van der Waals surface area (Å²) in [5.41, 5.74) is 0. The van der Waals surface area contributed by atoms with Crippen LogP contribution in [0.5, 0.6) is 0 Å². The van der Waals surface area contributed by atoms with Gasteiger partial charge in [0.05, 0.1) is 13.2 Å². The fraction of sp³-hybridized carbons (Fsp3) is 0.917. The minimum Gasteiger partial charge on any atom is -0.394 e. The zero-order valence-corrected chi connectivity index (χ0v) is 10.7. The summed E-state index contributed by atoms with van der Waals surface area (Å²) in [5.74, 6) is -0.742. The van der Waals surface area contributed by atoms with Crippen LogP contribution in [-0.4, -0.2) is 29.4 Å². The van der Waals surface area contributed by atoms with Crippen molar-refractivity contribution < 1.29 is 24.5 Å². The SMILES string of the molecule is CCCCCCCCCC(=O)OF.OCCO. The van der Waals surface area contributed by atoms with Crippen molar-refractivity contribution in [1.82, 2.24) is 0 Å². The van der Waals surface area contributed by atoms with Gasteiger partial charge in [0, 0.05) is 10.9 Å². The Morgan fingerprint density at radius 3 is 1.88 bits per heavy atom. The van der Waals surface area contributed by atoms with Crippen LogP contribution in [0.1, 0.15) is 58.3 Å². The Morgan fingerprint density at radius 1 is 1.00 bits per heavy atom. The van der Waals surface area contributed by atoms with Crippen LogP contribution in [0.25, 0.3) is 0 Å². The third-order valence-electron chi connectivity index (χ3n) is 2.17. The summed E-state index contributed by atoms with van der Waals surface area (Å²) < 4.78 is 11.2. The predicted octanol–water partition coefficient (Wildman–Crippen LogP) is 2.53. The lowest BCUT2D eigenvalue weighted by molar-refractivity contribution is -0.183. The van der Waals surface area contributed by atoms with Gasteiger partial charge >= 0.3 is 5.97 Å². The molecule has 0 aliphatic carbocycles. The first-order valence-electron chi connectivity index (χ1n) is 6.26. The molecule has 0 amide bonds. The molecule has 0 aromatic heterocycles. The fourth-order valence-electron chi connectivity index (χ4n) is 1.27. The van der Waals surface area contributed by atoms with Crippen molar-refractivity contribution in [1.29, 1.82) is 0 Å². The summed E-state index contributed by atoms with van der Waals surface area (Å²) in [6.45, 7) is 1.93. The van der Waals surface area contributed by atoms with E-state index in [2.05, 4.69) is 11.9 Å². The van der Waals surface area contributed by atoms with Gasteiger partial charge in [-0.2, -0.15) is 0 Å². The molecular formula is C12H25FO4. The second-order valence-electron chi connectivity index (χ2n) is 3.77. The normalized spacial score (nSPS) is 9.41. The molecule has 0 heterocycles. The predicted molar refractivity (Wildman–Crippen MR) is 64.0 cm³/mol. The molecule has 0 atom stereocenters. The van der Waals surface area contributed by atoms with Gasteiger partial charge in [0.25, 0.3) is 0 Å². The van der Waals surface area contributed by atoms with Gasteiger partial charge in [-0.3, -0.25) is 4.94 Å². The Morgan fingerprint density at radius 2 is 1.47 bits per heavy atom. The Balaban J connectivity index is 0. The fourth-order valence-corrected chi connectivity index (χ4v) is 1.27. The molecule has 0 aliphatic heterocycles. The number of rotatable bonds is 9. The van der Waals surface area contributed by atoms with Gasteiger partial charge in [0.15, 0.2) is 0 Å². The topological polar surface area (TPSA) is 66.8 Å². The molecule has 0 aliphatic rings.